The number of hydrazine groups is 1. The Labute approximate surface area is 170 Å². The van der Waals surface area contributed by atoms with E-state index in [4.69, 9.17) is 4.74 Å². The van der Waals surface area contributed by atoms with Crippen LogP contribution in [0.2, 0.25) is 0 Å². The van der Waals surface area contributed by atoms with Crippen LogP contribution >= 0.6 is 0 Å². The molecule has 2 heterocycles. The number of para-hydroxylation sites is 1. The number of piperidine rings is 1. The molecule has 2 saturated heterocycles. The third-order valence-electron chi connectivity index (χ3n) is 5.73. The van der Waals surface area contributed by atoms with E-state index >= 15 is 0 Å². The molecule has 2 aliphatic rings. The topological polar surface area (TPSA) is 73.9 Å². The maximum absolute atomic E-state index is 13.2. The minimum absolute atomic E-state index is 0.0125. The zero-order valence-corrected chi connectivity index (χ0v) is 16.7. The van der Waals surface area contributed by atoms with Gasteiger partial charge in [-0.15, -0.1) is 0 Å². The van der Waals surface area contributed by atoms with Crippen molar-refractivity contribution in [1.82, 2.24) is 10.3 Å². The second-order valence-electron chi connectivity index (χ2n) is 7.45. The van der Waals surface area contributed by atoms with Gasteiger partial charge in [0.15, 0.2) is 0 Å². The first-order valence-electron chi connectivity index (χ1n) is 9.93. The molecule has 2 amide bonds. The molecule has 0 aromatic heterocycles. The number of hydrogen-bond acceptors (Lipinski definition) is 5. The van der Waals surface area contributed by atoms with Gasteiger partial charge < -0.3 is 15.0 Å². The third kappa shape index (κ3) is 3.83. The van der Waals surface area contributed by atoms with E-state index in [0.717, 1.165) is 12.2 Å². The molecule has 2 aromatic rings. The number of benzene rings is 2. The van der Waals surface area contributed by atoms with Crippen molar-refractivity contribution in [1.29, 1.82) is 0 Å². The van der Waals surface area contributed by atoms with E-state index in [2.05, 4.69) is 22.6 Å². The number of carbonyl (C=O) groups excluding carboxylic acids is 2. The molecule has 0 saturated carbocycles. The molecule has 0 bridgehead atoms. The number of rotatable bonds is 5. The molecule has 0 radical (unpaired) electrons. The van der Waals surface area contributed by atoms with E-state index in [-0.39, 0.29) is 29.7 Å². The molecule has 0 aliphatic carbocycles. The normalized spacial score (nSPS) is 24.3. The van der Waals surface area contributed by atoms with E-state index in [1.54, 1.807) is 18.2 Å². The molecular formula is C22H26N4O3. The molecule has 2 fully saturated rings. The predicted molar refractivity (Wildman–Crippen MR) is 112 cm³/mol. The predicted octanol–water partition coefficient (Wildman–Crippen LogP) is 2.12. The summed E-state index contributed by atoms with van der Waals surface area (Å²) in [4.78, 5) is 28.4. The number of nitrogens with one attached hydrogen (secondary N) is 2. The van der Waals surface area contributed by atoms with Crippen LogP contribution in [-0.4, -0.2) is 49.5 Å². The molecular weight excluding hydrogens is 368 g/mol. The molecule has 0 spiro atoms. The first-order chi connectivity index (χ1) is 14.1. The van der Waals surface area contributed by atoms with Crippen molar-refractivity contribution in [3.8, 4) is 5.75 Å². The van der Waals surface area contributed by atoms with Gasteiger partial charge in [0.25, 0.3) is 0 Å². The van der Waals surface area contributed by atoms with Crippen LogP contribution in [0, 0.1) is 11.8 Å². The van der Waals surface area contributed by atoms with E-state index in [9.17, 15) is 9.59 Å². The Balaban J connectivity index is 1.57. The summed E-state index contributed by atoms with van der Waals surface area (Å²) >= 11 is 0. The quantitative estimate of drug-likeness (QED) is 0.813. The van der Waals surface area contributed by atoms with Crippen molar-refractivity contribution in [2.24, 2.45) is 11.8 Å². The molecule has 2 aliphatic heterocycles. The van der Waals surface area contributed by atoms with Crippen LogP contribution in [0.1, 0.15) is 6.92 Å². The first kappa shape index (κ1) is 19.4. The summed E-state index contributed by atoms with van der Waals surface area (Å²) in [7, 11) is 1.60. The average Bonchev–Trinajstić information content (AvgIpc) is 3.10. The largest absolute Gasteiger partial charge is 0.497 e. The van der Waals surface area contributed by atoms with Gasteiger partial charge in [0.05, 0.1) is 30.7 Å². The Morgan fingerprint density at radius 1 is 1.17 bits per heavy atom. The summed E-state index contributed by atoms with van der Waals surface area (Å²) < 4.78 is 5.24. The van der Waals surface area contributed by atoms with Gasteiger partial charge in [0.2, 0.25) is 11.8 Å². The molecule has 29 heavy (non-hydrogen) atoms. The molecule has 3 atom stereocenters. The fourth-order valence-electron chi connectivity index (χ4n) is 4.15. The minimum Gasteiger partial charge on any atom is -0.497 e. The highest BCUT2D eigenvalue weighted by Gasteiger charge is 2.50. The molecule has 3 unspecified atom stereocenters. The van der Waals surface area contributed by atoms with E-state index in [1.165, 1.54) is 0 Å². The van der Waals surface area contributed by atoms with Gasteiger partial charge in [-0.05, 0) is 30.8 Å². The van der Waals surface area contributed by atoms with E-state index in [0.29, 0.717) is 24.5 Å². The van der Waals surface area contributed by atoms with Crippen LogP contribution < -0.4 is 20.5 Å². The molecule has 152 valence electrons. The number of nitrogens with zero attached hydrogens (tertiary/aromatic N) is 2. The molecule has 2 aromatic carbocycles. The van der Waals surface area contributed by atoms with Crippen LogP contribution in [0.4, 0.5) is 11.4 Å². The number of amides is 2. The Hall–Kier alpha value is -2.90. The zero-order chi connectivity index (χ0) is 20.4. The lowest BCUT2D eigenvalue weighted by molar-refractivity contribution is -0.126. The second kappa shape index (κ2) is 8.23. The Kier molecular flexibility index (Phi) is 5.51. The fourth-order valence-corrected chi connectivity index (χ4v) is 4.15. The highest BCUT2D eigenvalue weighted by Crippen LogP contribution is 2.32. The maximum Gasteiger partial charge on any atom is 0.247 e. The smallest absolute Gasteiger partial charge is 0.247 e. The van der Waals surface area contributed by atoms with Crippen LogP contribution in [-0.2, 0) is 9.59 Å². The van der Waals surface area contributed by atoms with E-state index < -0.39 is 0 Å². The van der Waals surface area contributed by atoms with Crippen LogP contribution in [0.3, 0.4) is 0 Å². The summed E-state index contributed by atoms with van der Waals surface area (Å²) in [5, 5.41) is 4.60. The van der Waals surface area contributed by atoms with Crippen LogP contribution in [0.25, 0.3) is 0 Å². The highest BCUT2D eigenvalue weighted by atomic mass is 16.5. The number of likely N-dealkylation sites (tertiary alicyclic amines) is 1. The number of anilines is 2. The lowest BCUT2D eigenvalue weighted by Crippen LogP contribution is -2.55. The zero-order valence-electron chi connectivity index (χ0n) is 16.7. The number of carbonyl (C=O) groups is 2. The van der Waals surface area contributed by atoms with Gasteiger partial charge in [-0.25, -0.2) is 10.4 Å². The Morgan fingerprint density at radius 2 is 1.97 bits per heavy atom. The summed E-state index contributed by atoms with van der Waals surface area (Å²) in [5.41, 5.74) is 4.79. The van der Waals surface area contributed by atoms with Gasteiger partial charge in [-0.1, -0.05) is 31.2 Å². The lowest BCUT2D eigenvalue weighted by atomic mass is 9.84. The van der Waals surface area contributed by atoms with E-state index in [1.807, 2.05) is 48.5 Å². The van der Waals surface area contributed by atoms with Crippen LogP contribution in [0.15, 0.2) is 54.6 Å². The third-order valence-corrected chi connectivity index (χ3v) is 5.73. The van der Waals surface area contributed by atoms with Gasteiger partial charge in [0.1, 0.15) is 5.75 Å². The van der Waals surface area contributed by atoms with Crippen LogP contribution in [0.5, 0.6) is 5.75 Å². The molecule has 7 nitrogen and oxygen atoms in total. The summed E-state index contributed by atoms with van der Waals surface area (Å²) in [6.07, 6.45) is 0. The lowest BCUT2D eigenvalue weighted by Gasteiger charge is -2.37. The van der Waals surface area contributed by atoms with Crippen molar-refractivity contribution in [2.45, 2.75) is 13.0 Å². The summed E-state index contributed by atoms with van der Waals surface area (Å²) in [5.74, 6) is -0.00778. The van der Waals surface area contributed by atoms with Crippen molar-refractivity contribution in [3.63, 3.8) is 0 Å². The molecule has 7 heteroatoms. The SMILES string of the molecule is CCN1CC(C(=O)Nc2cccc(OC)c2)C2NN(c3ccccc3)C(=O)C2C1. The standard InChI is InChI=1S/C22H26N4O3/c1-3-25-13-18(21(27)23-15-8-7-11-17(12-15)29-2)20-19(14-25)22(28)26(24-20)16-9-5-4-6-10-16/h4-12,18-20,24H,3,13-14H2,1-2H3,(H,23,27). The fraction of sp³-hybridized carbons (Fsp3) is 0.364. The maximum atomic E-state index is 13.2. The first-order valence-corrected chi connectivity index (χ1v) is 9.93. The Morgan fingerprint density at radius 3 is 2.69 bits per heavy atom. The molecule has 4 rings (SSSR count). The second-order valence-corrected chi connectivity index (χ2v) is 7.45. The van der Waals surface area contributed by atoms with Gasteiger partial charge in [0, 0.05) is 24.8 Å². The average molecular weight is 394 g/mol. The van der Waals surface area contributed by atoms with Gasteiger partial charge in [-0.2, -0.15) is 0 Å². The van der Waals surface area contributed by atoms with Crippen molar-refractivity contribution >= 4 is 23.2 Å². The Bertz CT molecular complexity index is 889. The number of hydrogen-bond donors (Lipinski definition) is 2. The van der Waals surface area contributed by atoms with Crippen molar-refractivity contribution < 1.29 is 14.3 Å². The van der Waals surface area contributed by atoms with Gasteiger partial charge >= 0.3 is 0 Å². The number of fused-ring (bicyclic) bond motifs is 1. The van der Waals surface area contributed by atoms with Crippen molar-refractivity contribution in [2.75, 3.05) is 37.1 Å². The highest BCUT2D eigenvalue weighted by molar-refractivity contribution is 6.00. The number of ether oxygens (including phenoxy) is 1. The summed E-state index contributed by atoms with van der Waals surface area (Å²) in [6, 6.07) is 16.6. The summed E-state index contributed by atoms with van der Waals surface area (Å²) in [6.45, 7) is 4.11. The monoisotopic (exact) mass is 394 g/mol. The minimum atomic E-state index is -0.349. The number of methoxy groups -OCH3 is 1. The van der Waals surface area contributed by atoms with Crippen molar-refractivity contribution in [3.05, 3.63) is 54.6 Å². The van der Waals surface area contributed by atoms with Gasteiger partial charge in [-0.3, -0.25) is 9.59 Å². The molecule has 2 N–H and O–H groups in total.